The third-order valence-corrected chi connectivity index (χ3v) is 3.87. The maximum Gasteiger partial charge on any atom is 0.272 e. The Morgan fingerprint density at radius 2 is 2.08 bits per heavy atom. The number of nitro benzene ring substituents is 1. The summed E-state index contributed by atoms with van der Waals surface area (Å²) in [5.74, 6) is -0.225. The maximum absolute atomic E-state index is 12.2. The molecule has 0 unspecified atom stereocenters. The Morgan fingerprint density at radius 3 is 2.71 bits per heavy atom. The lowest BCUT2D eigenvalue weighted by molar-refractivity contribution is -0.384. The van der Waals surface area contributed by atoms with Crippen LogP contribution in [0.4, 0.5) is 5.69 Å². The summed E-state index contributed by atoms with van der Waals surface area (Å²) in [7, 11) is 0. The fourth-order valence-corrected chi connectivity index (χ4v) is 2.58. The number of hydrogen-bond acceptors (Lipinski definition) is 5. The van der Waals surface area contributed by atoms with E-state index in [1.165, 1.54) is 16.8 Å². The summed E-state index contributed by atoms with van der Waals surface area (Å²) in [5, 5.41) is 26.8. The molecule has 0 fully saturated rings. The highest BCUT2D eigenvalue weighted by Gasteiger charge is 2.21. The van der Waals surface area contributed by atoms with Crippen molar-refractivity contribution in [3.05, 3.63) is 64.5 Å². The van der Waals surface area contributed by atoms with E-state index in [9.17, 15) is 14.9 Å². The molecule has 1 aliphatic rings. The minimum absolute atomic E-state index is 0.00432. The Labute approximate surface area is 137 Å². The fraction of sp³-hybridized carbons (Fsp3) is 0.250. The Hall–Kier alpha value is -3.00. The van der Waals surface area contributed by atoms with Crippen LogP contribution in [0.1, 0.15) is 16.9 Å². The Kier molecular flexibility index (Phi) is 4.39. The second-order valence-electron chi connectivity index (χ2n) is 5.56. The summed E-state index contributed by atoms with van der Waals surface area (Å²) in [6.45, 7) is 0.0671. The highest BCUT2D eigenvalue weighted by molar-refractivity contribution is 5.92. The molecule has 1 aromatic carbocycles. The van der Waals surface area contributed by atoms with Gasteiger partial charge in [-0.2, -0.15) is 5.10 Å². The molecule has 2 N–H and O–H groups in total. The molecule has 0 radical (unpaired) electrons. The lowest BCUT2D eigenvalue weighted by Crippen LogP contribution is -2.33. The monoisotopic (exact) mass is 328 g/mol. The molecule has 2 atom stereocenters. The average molecular weight is 328 g/mol. The molecule has 2 aromatic rings. The zero-order valence-corrected chi connectivity index (χ0v) is 12.7. The smallest absolute Gasteiger partial charge is 0.272 e. The van der Waals surface area contributed by atoms with Gasteiger partial charge in [0.2, 0.25) is 0 Å². The summed E-state index contributed by atoms with van der Waals surface area (Å²) in [6.07, 6.45) is 6.05. The van der Waals surface area contributed by atoms with Crippen LogP contribution in [0.15, 0.2) is 48.7 Å². The largest absolute Gasteiger partial charge is 0.396 e. The van der Waals surface area contributed by atoms with E-state index in [4.69, 9.17) is 5.11 Å². The van der Waals surface area contributed by atoms with Gasteiger partial charge in [0.25, 0.3) is 11.6 Å². The molecule has 1 amide bonds. The van der Waals surface area contributed by atoms with Gasteiger partial charge in [0, 0.05) is 36.9 Å². The van der Waals surface area contributed by atoms with Crippen LogP contribution in [0.2, 0.25) is 0 Å². The predicted octanol–water partition coefficient (Wildman–Crippen LogP) is 1.45. The topological polar surface area (TPSA) is 110 Å². The number of nitrogens with zero attached hydrogens (tertiary/aromatic N) is 3. The number of aliphatic hydroxyl groups excluding tert-OH is 1. The van der Waals surface area contributed by atoms with E-state index in [-0.39, 0.29) is 35.9 Å². The first-order valence-corrected chi connectivity index (χ1v) is 7.47. The maximum atomic E-state index is 12.2. The molecule has 3 rings (SSSR count). The minimum Gasteiger partial charge on any atom is -0.396 e. The van der Waals surface area contributed by atoms with E-state index in [1.54, 1.807) is 24.4 Å². The van der Waals surface area contributed by atoms with Crippen LogP contribution in [0.3, 0.4) is 0 Å². The number of nitrogens with one attached hydrogen (secondary N) is 1. The van der Waals surface area contributed by atoms with Crippen LogP contribution in [0, 0.1) is 16.0 Å². The van der Waals surface area contributed by atoms with Crippen molar-refractivity contribution < 1.29 is 14.8 Å². The van der Waals surface area contributed by atoms with Crippen LogP contribution in [-0.2, 0) is 0 Å². The first kappa shape index (κ1) is 15.9. The molecule has 24 heavy (non-hydrogen) atoms. The van der Waals surface area contributed by atoms with Crippen LogP contribution < -0.4 is 5.32 Å². The first-order valence-electron chi connectivity index (χ1n) is 7.47. The molecular weight excluding hydrogens is 312 g/mol. The van der Waals surface area contributed by atoms with Crippen molar-refractivity contribution in [1.82, 2.24) is 15.1 Å². The van der Waals surface area contributed by atoms with E-state index in [2.05, 4.69) is 10.4 Å². The zero-order chi connectivity index (χ0) is 17.1. The van der Waals surface area contributed by atoms with Crippen molar-refractivity contribution in [2.24, 2.45) is 5.92 Å². The second kappa shape index (κ2) is 6.63. The SMILES string of the molecule is O=C(N[C@@H]1C=C[C@H](CO)C1)c1ccn(-c2ccc([N+](=O)[O-])cc2)n1. The summed E-state index contributed by atoms with van der Waals surface area (Å²) < 4.78 is 1.49. The molecule has 0 saturated carbocycles. The van der Waals surface area contributed by atoms with Gasteiger partial charge in [-0.3, -0.25) is 14.9 Å². The molecule has 124 valence electrons. The zero-order valence-electron chi connectivity index (χ0n) is 12.7. The second-order valence-corrected chi connectivity index (χ2v) is 5.56. The van der Waals surface area contributed by atoms with Crippen molar-refractivity contribution in [2.45, 2.75) is 12.5 Å². The van der Waals surface area contributed by atoms with Gasteiger partial charge in [0.05, 0.1) is 10.6 Å². The third-order valence-electron chi connectivity index (χ3n) is 3.87. The van der Waals surface area contributed by atoms with Gasteiger partial charge < -0.3 is 10.4 Å². The predicted molar refractivity (Wildman–Crippen MR) is 85.8 cm³/mol. The van der Waals surface area contributed by atoms with Crippen LogP contribution in [0.5, 0.6) is 0 Å². The summed E-state index contributed by atoms with van der Waals surface area (Å²) in [5.41, 5.74) is 0.880. The molecule has 0 spiro atoms. The number of nitro groups is 1. The normalized spacial score (nSPS) is 19.4. The number of aliphatic hydroxyl groups is 1. The molecule has 1 aliphatic carbocycles. The molecule has 1 aromatic heterocycles. The van der Waals surface area contributed by atoms with Crippen LogP contribution in [0.25, 0.3) is 5.69 Å². The summed E-state index contributed by atoms with van der Waals surface area (Å²) in [4.78, 5) is 22.4. The standard InChI is InChI=1S/C16H16N4O4/c21-10-11-1-2-12(9-11)17-16(22)15-7-8-19(18-15)13-3-5-14(6-4-13)20(23)24/h1-8,11-12,21H,9-10H2,(H,17,22)/t11-,12+/m0/s1. The van der Waals surface area contributed by atoms with Crippen molar-refractivity contribution in [2.75, 3.05) is 6.61 Å². The number of hydrogen-bond donors (Lipinski definition) is 2. The Balaban J connectivity index is 1.67. The first-order chi connectivity index (χ1) is 11.6. The molecule has 0 aliphatic heterocycles. The van der Waals surface area contributed by atoms with Crippen molar-refractivity contribution in [1.29, 1.82) is 0 Å². The van der Waals surface area contributed by atoms with Gasteiger partial charge >= 0.3 is 0 Å². The van der Waals surface area contributed by atoms with Gasteiger partial charge in [0.1, 0.15) is 0 Å². The number of aromatic nitrogens is 2. The molecule has 8 nitrogen and oxygen atoms in total. The summed E-state index contributed by atoms with van der Waals surface area (Å²) in [6, 6.07) is 7.37. The fourth-order valence-electron chi connectivity index (χ4n) is 2.58. The van der Waals surface area contributed by atoms with E-state index >= 15 is 0 Å². The third kappa shape index (κ3) is 3.33. The average Bonchev–Trinajstić information content (AvgIpc) is 3.24. The van der Waals surface area contributed by atoms with E-state index in [1.807, 2.05) is 12.2 Å². The quantitative estimate of drug-likeness (QED) is 0.490. The minimum atomic E-state index is -0.472. The van der Waals surface area contributed by atoms with Gasteiger partial charge in [0.15, 0.2) is 5.69 Å². The van der Waals surface area contributed by atoms with Crippen molar-refractivity contribution >= 4 is 11.6 Å². The van der Waals surface area contributed by atoms with Gasteiger partial charge in [-0.15, -0.1) is 0 Å². The lowest BCUT2D eigenvalue weighted by atomic mass is 10.1. The number of carbonyl (C=O) groups excluding carboxylic acids is 1. The Bertz CT molecular complexity index is 782. The molecule has 1 heterocycles. The number of rotatable bonds is 5. The summed E-state index contributed by atoms with van der Waals surface area (Å²) >= 11 is 0. The van der Waals surface area contributed by atoms with Crippen LogP contribution in [-0.4, -0.2) is 38.4 Å². The molecular formula is C16H16N4O4. The van der Waals surface area contributed by atoms with Gasteiger partial charge in [-0.25, -0.2) is 4.68 Å². The van der Waals surface area contributed by atoms with Gasteiger partial charge in [-0.1, -0.05) is 12.2 Å². The van der Waals surface area contributed by atoms with Crippen LogP contribution >= 0.6 is 0 Å². The molecule has 0 bridgehead atoms. The van der Waals surface area contributed by atoms with E-state index in [0.717, 1.165) is 0 Å². The Morgan fingerprint density at radius 1 is 1.33 bits per heavy atom. The lowest BCUT2D eigenvalue weighted by Gasteiger charge is -2.11. The van der Waals surface area contributed by atoms with Crippen molar-refractivity contribution in [3.63, 3.8) is 0 Å². The number of amides is 1. The highest BCUT2D eigenvalue weighted by Crippen LogP contribution is 2.18. The van der Waals surface area contributed by atoms with E-state index in [0.29, 0.717) is 12.1 Å². The highest BCUT2D eigenvalue weighted by atomic mass is 16.6. The van der Waals surface area contributed by atoms with Gasteiger partial charge in [-0.05, 0) is 24.6 Å². The number of benzene rings is 1. The number of non-ortho nitro benzene ring substituents is 1. The van der Waals surface area contributed by atoms with Crippen molar-refractivity contribution in [3.8, 4) is 5.69 Å². The van der Waals surface area contributed by atoms with E-state index < -0.39 is 4.92 Å². The number of carbonyl (C=O) groups is 1. The molecule has 8 heteroatoms. The molecule has 0 saturated heterocycles.